The van der Waals surface area contributed by atoms with Gasteiger partial charge >= 0.3 is 0 Å². The molecule has 4 nitrogen and oxygen atoms in total. The molecule has 0 spiro atoms. The second-order valence-corrected chi connectivity index (χ2v) is 6.99. The van der Waals surface area contributed by atoms with E-state index in [1.54, 1.807) is 19.1 Å². The molecule has 0 fully saturated rings. The molecule has 0 N–H and O–H groups in total. The standard InChI is InChI=1S/C24H33N3O/c1-8-11-22(12-9-2)27-23(10-3)21(17-26-27)15-20(7)28-24(18(4)5)14-13-19(6)16-25/h10,13-15,17,22H,3-4,8-9,11-12H2,1-2,5-7H3/b19-13+,20-15+,24-14+. The summed E-state index contributed by atoms with van der Waals surface area (Å²) in [6, 6.07) is 2.48. The van der Waals surface area contributed by atoms with Crippen LogP contribution >= 0.6 is 0 Å². The summed E-state index contributed by atoms with van der Waals surface area (Å²) in [5.74, 6) is 1.35. The van der Waals surface area contributed by atoms with Crippen LogP contribution in [0, 0.1) is 11.3 Å². The molecule has 0 aromatic carbocycles. The number of nitrogens with zero attached hydrogens (tertiary/aromatic N) is 3. The van der Waals surface area contributed by atoms with Crippen molar-refractivity contribution in [3.05, 3.63) is 65.4 Å². The van der Waals surface area contributed by atoms with Gasteiger partial charge in [0.2, 0.25) is 0 Å². The van der Waals surface area contributed by atoms with Crippen molar-refractivity contribution in [2.24, 2.45) is 0 Å². The number of hydrogen-bond acceptors (Lipinski definition) is 3. The normalized spacial score (nSPS) is 12.8. The quantitative estimate of drug-likeness (QED) is 0.237. The van der Waals surface area contributed by atoms with E-state index in [4.69, 9.17) is 10.00 Å². The van der Waals surface area contributed by atoms with E-state index in [1.807, 2.05) is 32.2 Å². The number of aromatic nitrogens is 2. The maximum atomic E-state index is 8.90. The Hall–Kier alpha value is -2.80. The molecule has 0 saturated heterocycles. The monoisotopic (exact) mass is 379 g/mol. The summed E-state index contributed by atoms with van der Waals surface area (Å²) in [4.78, 5) is 0. The average molecular weight is 380 g/mol. The lowest BCUT2D eigenvalue weighted by Crippen LogP contribution is -2.12. The molecule has 1 aromatic rings. The zero-order chi connectivity index (χ0) is 21.1. The summed E-state index contributed by atoms with van der Waals surface area (Å²) in [7, 11) is 0. The predicted molar refractivity (Wildman–Crippen MR) is 118 cm³/mol. The Morgan fingerprint density at radius 3 is 2.39 bits per heavy atom. The van der Waals surface area contributed by atoms with Crippen molar-refractivity contribution < 1.29 is 4.74 Å². The van der Waals surface area contributed by atoms with Gasteiger partial charge in [0.1, 0.15) is 11.5 Å². The van der Waals surface area contributed by atoms with Crippen LogP contribution in [0.4, 0.5) is 0 Å². The third-order valence-electron chi connectivity index (χ3n) is 4.36. The molecule has 0 saturated carbocycles. The van der Waals surface area contributed by atoms with Crippen molar-refractivity contribution in [1.82, 2.24) is 9.78 Å². The summed E-state index contributed by atoms with van der Waals surface area (Å²) in [5, 5.41) is 13.5. The summed E-state index contributed by atoms with van der Waals surface area (Å²) in [6.07, 6.45) is 13.6. The molecule has 28 heavy (non-hydrogen) atoms. The molecule has 0 aliphatic rings. The van der Waals surface area contributed by atoms with Crippen molar-refractivity contribution in [3.8, 4) is 6.07 Å². The van der Waals surface area contributed by atoms with E-state index in [1.165, 1.54) is 0 Å². The zero-order valence-electron chi connectivity index (χ0n) is 18.0. The van der Waals surface area contributed by atoms with Crippen molar-refractivity contribution in [3.63, 3.8) is 0 Å². The molecular formula is C24H33N3O. The van der Waals surface area contributed by atoms with E-state index in [0.29, 0.717) is 17.4 Å². The lowest BCUT2D eigenvalue weighted by Gasteiger charge is -2.18. The maximum Gasteiger partial charge on any atom is 0.129 e. The van der Waals surface area contributed by atoms with Crippen LogP contribution in [0.15, 0.2) is 54.2 Å². The number of nitriles is 1. The summed E-state index contributed by atoms with van der Waals surface area (Å²) >= 11 is 0. The van der Waals surface area contributed by atoms with E-state index >= 15 is 0 Å². The van der Waals surface area contributed by atoms with E-state index in [-0.39, 0.29) is 0 Å². The van der Waals surface area contributed by atoms with Crippen molar-refractivity contribution in [1.29, 1.82) is 5.26 Å². The highest BCUT2D eigenvalue weighted by molar-refractivity contribution is 5.62. The minimum absolute atomic E-state index is 0.386. The highest BCUT2D eigenvalue weighted by Gasteiger charge is 2.15. The zero-order valence-corrected chi connectivity index (χ0v) is 18.0. The first-order valence-corrected chi connectivity index (χ1v) is 9.88. The van der Waals surface area contributed by atoms with Gasteiger partial charge in [0.15, 0.2) is 0 Å². The van der Waals surface area contributed by atoms with Gasteiger partial charge in [0, 0.05) is 11.1 Å². The lowest BCUT2D eigenvalue weighted by molar-refractivity contribution is 0.320. The van der Waals surface area contributed by atoms with Crippen molar-refractivity contribution >= 4 is 12.2 Å². The van der Waals surface area contributed by atoms with Crippen LogP contribution in [-0.2, 0) is 4.74 Å². The van der Waals surface area contributed by atoms with Crippen LogP contribution in [0.1, 0.15) is 77.6 Å². The molecule has 1 aromatic heterocycles. The molecule has 0 amide bonds. The predicted octanol–water partition coefficient (Wildman–Crippen LogP) is 6.97. The second-order valence-electron chi connectivity index (χ2n) is 6.99. The molecule has 0 bridgehead atoms. The van der Waals surface area contributed by atoms with Gasteiger partial charge in [-0.1, -0.05) is 39.8 Å². The number of ether oxygens (including phenoxy) is 1. The SMILES string of the molecule is C=Cc1c(/C=C(\C)O/C(=C/C=C(\C)C#N)C(=C)C)cnn1C(CCC)CCC. The molecular weight excluding hydrogens is 346 g/mol. The fourth-order valence-electron chi connectivity index (χ4n) is 2.98. The lowest BCUT2D eigenvalue weighted by atomic mass is 10.1. The van der Waals surface area contributed by atoms with Crippen LogP contribution in [-0.4, -0.2) is 9.78 Å². The summed E-state index contributed by atoms with van der Waals surface area (Å²) in [6.45, 7) is 17.9. The minimum Gasteiger partial charge on any atom is -0.462 e. The summed E-state index contributed by atoms with van der Waals surface area (Å²) < 4.78 is 8.06. The number of hydrogen-bond donors (Lipinski definition) is 0. The average Bonchev–Trinajstić information content (AvgIpc) is 3.06. The Labute approximate surface area is 170 Å². The fraction of sp³-hybridized carbons (Fsp3) is 0.417. The van der Waals surface area contributed by atoms with Gasteiger partial charge in [-0.05, 0) is 63.5 Å². The Bertz CT molecular complexity index is 809. The molecule has 4 heteroatoms. The first-order valence-electron chi connectivity index (χ1n) is 9.88. The maximum absolute atomic E-state index is 8.90. The van der Waals surface area contributed by atoms with Crippen molar-refractivity contribution in [2.75, 3.05) is 0 Å². The van der Waals surface area contributed by atoms with Gasteiger partial charge in [-0.3, -0.25) is 4.68 Å². The Morgan fingerprint density at radius 2 is 1.89 bits per heavy atom. The van der Waals surface area contributed by atoms with E-state index in [0.717, 1.165) is 48.3 Å². The molecule has 0 radical (unpaired) electrons. The first-order chi connectivity index (χ1) is 13.4. The Morgan fingerprint density at radius 1 is 1.25 bits per heavy atom. The molecule has 1 heterocycles. The number of rotatable bonds is 11. The largest absolute Gasteiger partial charge is 0.462 e. The Kier molecular flexibility index (Phi) is 9.81. The smallest absolute Gasteiger partial charge is 0.129 e. The molecule has 0 atom stereocenters. The van der Waals surface area contributed by atoms with Crippen LogP contribution < -0.4 is 0 Å². The van der Waals surface area contributed by atoms with E-state index in [9.17, 15) is 0 Å². The van der Waals surface area contributed by atoms with Crippen LogP contribution in [0.5, 0.6) is 0 Å². The topological polar surface area (TPSA) is 50.8 Å². The molecule has 0 unspecified atom stereocenters. The molecule has 0 aliphatic heterocycles. The van der Waals surface area contributed by atoms with Crippen LogP contribution in [0.3, 0.4) is 0 Å². The molecule has 1 rings (SSSR count). The van der Waals surface area contributed by atoms with Gasteiger partial charge < -0.3 is 4.74 Å². The third kappa shape index (κ3) is 6.74. The minimum atomic E-state index is 0.386. The van der Waals surface area contributed by atoms with Gasteiger partial charge in [0.25, 0.3) is 0 Å². The van der Waals surface area contributed by atoms with Crippen LogP contribution in [0.25, 0.3) is 12.2 Å². The first kappa shape index (κ1) is 23.2. The van der Waals surface area contributed by atoms with Gasteiger partial charge in [0.05, 0.1) is 24.0 Å². The van der Waals surface area contributed by atoms with Crippen LogP contribution in [0.2, 0.25) is 0 Å². The van der Waals surface area contributed by atoms with E-state index < -0.39 is 0 Å². The molecule has 0 aliphatic carbocycles. The highest BCUT2D eigenvalue weighted by atomic mass is 16.5. The fourth-order valence-corrected chi connectivity index (χ4v) is 2.98. The molecule has 150 valence electrons. The van der Waals surface area contributed by atoms with E-state index in [2.05, 4.69) is 42.9 Å². The third-order valence-corrected chi connectivity index (χ3v) is 4.36. The number of allylic oxidation sites excluding steroid dienone is 5. The van der Waals surface area contributed by atoms with Gasteiger partial charge in [-0.15, -0.1) is 0 Å². The summed E-state index contributed by atoms with van der Waals surface area (Å²) in [5.41, 5.74) is 3.39. The highest BCUT2D eigenvalue weighted by Crippen LogP contribution is 2.25. The Balaban J connectivity index is 3.17. The van der Waals surface area contributed by atoms with Gasteiger partial charge in [-0.25, -0.2) is 0 Å². The van der Waals surface area contributed by atoms with Crippen molar-refractivity contribution in [2.45, 2.75) is 66.3 Å². The second kappa shape index (κ2) is 11.8. The van der Waals surface area contributed by atoms with Gasteiger partial charge in [-0.2, -0.15) is 10.4 Å².